The van der Waals surface area contributed by atoms with E-state index < -0.39 is 6.04 Å². The molecule has 2 aromatic heterocycles. The summed E-state index contributed by atoms with van der Waals surface area (Å²) in [4.78, 5) is 36.2. The molecule has 7 nitrogen and oxygen atoms in total. The second kappa shape index (κ2) is 7.98. The predicted molar refractivity (Wildman–Crippen MR) is 105 cm³/mol. The average molecular weight is 395 g/mol. The van der Waals surface area contributed by atoms with Crippen molar-refractivity contribution < 1.29 is 14.0 Å². The number of hydrogen-bond donors (Lipinski definition) is 3. The lowest BCUT2D eigenvalue weighted by molar-refractivity contribution is -0.128. The number of hydrogen-bond acceptors (Lipinski definition) is 4. The van der Waals surface area contributed by atoms with Crippen LogP contribution in [-0.4, -0.2) is 32.8 Å². The van der Waals surface area contributed by atoms with Crippen LogP contribution in [0.3, 0.4) is 0 Å². The number of H-pyrrole nitrogens is 1. The quantitative estimate of drug-likeness (QED) is 0.594. The number of amides is 2. The van der Waals surface area contributed by atoms with Gasteiger partial charge in [-0.15, -0.1) is 0 Å². The zero-order valence-corrected chi connectivity index (χ0v) is 16.1. The molecule has 29 heavy (non-hydrogen) atoms. The van der Waals surface area contributed by atoms with Gasteiger partial charge in [-0.2, -0.15) is 0 Å². The van der Waals surface area contributed by atoms with E-state index in [9.17, 15) is 14.0 Å². The molecule has 8 heteroatoms. The highest BCUT2D eigenvalue weighted by atomic mass is 19.1. The third-order valence-electron chi connectivity index (χ3n) is 5.13. The van der Waals surface area contributed by atoms with Gasteiger partial charge >= 0.3 is 0 Å². The Bertz CT molecular complexity index is 1080. The van der Waals surface area contributed by atoms with Crippen LogP contribution in [0.4, 0.5) is 4.39 Å². The lowest BCUT2D eigenvalue weighted by Gasteiger charge is -2.17. The first kappa shape index (κ1) is 19.0. The molecule has 3 aromatic rings. The van der Waals surface area contributed by atoms with Gasteiger partial charge in [0.15, 0.2) is 0 Å². The maximum Gasteiger partial charge on any atom is 0.243 e. The van der Waals surface area contributed by atoms with E-state index in [0.717, 1.165) is 35.9 Å². The number of benzene rings is 1. The van der Waals surface area contributed by atoms with Crippen LogP contribution < -0.4 is 10.6 Å². The van der Waals surface area contributed by atoms with E-state index in [1.807, 2.05) is 6.20 Å². The molecule has 1 aliphatic rings. The topological polar surface area (TPSA) is 99.8 Å². The zero-order valence-electron chi connectivity index (χ0n) is 16.1. The summed E-state index contributed by atoms with van der Waals surface area (Å²) in [6.07, 6.45) is 6.86. The highest BCUT2D eigenvalue weighted by molar-refractivity contribution is 5.89. The van der Waals surface area contributed by atoms with Gasteiger partial charge in [0.2, 0.25) is 11.8 Å². The maximum absolute atomic E-state index is 13.4. The van der Waals surface area contributed by atoms with Crippen molar-refractivity contribution in [2.24, 2.45) is 0 Å². The fourth-order valence-electron chi connectivity index (χ4n) is 3.73. The Hall–Kier alpha value is -3.29. The second-order valence-corrected chi connectivity index (χ2v) is 7.29. The van der Waals surface area contributed by atoms with E-state index in [1.54, 1.807) is 12.3 Å². The van der Waals surface area contributed by atoms with Gasteiger partial charge in [0.1, 0.15) is 17.7 Å². The first-order valence-electron chi connectivity index (χ1n) is 9.63. The molecule has 1 aliphatic carbocycles. The third-order valence-corrected chi connectivity index (χ3v) is 5.13. The Labute approximate surface area is 167 Å². The van der Waals surface area contributed by atoms with Gasteiger partial charge in [-0.25, -0.2) is 14.4 Å². The summed E-state index contributed by atoms with van der Waals surface area (Å²) in [5.74, 6) is -0.398. The summed E-state index contributed by atoms with van der Waals surface area (Å²) in [7, 11) is 0. The second-order valence-electron chi connectivity index (χ2n) is 7.29. The molecule has 0 radical (unpaired) electrons. The highest BCUT2D eigenvalue weighted by Crippen LogP contribution is 2.21. The molecular weight excluding hydrogens is 373 g/mol. The van der Waals surface area contributed by atoms with Crippen LogP contribution in [0, 0.1) is 5.82 Å². The van der Waals surface area contributed by atoms with Crippen molar-refractivity contribution in [3.05, 3.63) is 59.1 Å². The molecule has 2 amide bonds. The molecule has 0 fully saturated rings. The van der Waals surface area contributed by atoms with Gasteiger partial charge < -0.3 is 15.6 Å². The molecule has 0 saturated carbocycles. The Balaban J connectivity index is 1.46. The zero-order chi connectivity index (χ0) is 20.4. The number of aromatic amines is 1. The highest BCUT2D eigenvalue weighted by Gasteiger charge is 2.22. The minimum atomic E-state index is -0.758. The fraction of sp³-hybridized carbons (Fsp3) is 0.333. The molecular formula is C21H22FN5O2. The van der Waals surface area contributed by atoms with E-state index in [4.69, 9.17) is 0 Å². The summed E-state index contributed by atoms with van der Waals surface area (Å²) < 4.78 is 13.4. The van der Waals surface area contributed by atoms with Gasteiger partial charge in [-0.05, 0) is 48.6 Å². The van der Waals surface area contributed by atoms with E-state index in [0.29, 0.717) is 11.3 Å². The Morgan fingerprint density at radius 1 is 1.31 bits per heavy atom. The number of nitrogens with zero attached hydrogens (tertiary/aromatic N) is 2. The summed E-state index contributed by atoms with van der Waals surface area (Å²) >= 11 is 0. The molecule has 1 atom stereocenters. The molecule has 4 rings (SSSR count). The van der Waals surface area contributed by atoms with Crippen molar-refractivity contribution in [3.63, 3.8) is 0 Å². The van der Waals surface area contributed by atoms with Crippen molar-refractivity contribution in [3.8, 4) is 0 Å². The number of rotatable bonds is 6. The molecule has 1 aromatic carbocycles. The number of aromatic nitrogens is 3. The minimum absolute atomic E-state index is 0.196. The molecule has 2 heterocycles. The number of fused-ring (bicyclic) bond motifs is 2. The van der Waals surface area contributed by atoms with E-state index in [1.165, 1.54) is 24.6 Å². The van der Waals surface area contributed by atoms with Gasteiger partial charge in [0.05, 0.1) is 6.54 Å². The van der Waals surface area contributed by atoms with Gasteiger partial charge in [0, 0.05) is 42.3 Å². The van der Waals surface area contributed by atoms with Crippen LogP contribution in [0.15, 0.2) is 30.6 Å². The van der Waals surface area contributed by atoms with Crippen LogP contribution in [-0.2, 0) is 35.4 Å². The minimum Gasteiger partial charge on any atom is -0.361 e. The van der Waals surface area contributed by atoms with Crippen molar-refractivity contribution in [1.29, 1.82) is 0 Å². The molecule has 0 spiro atoms. The standard InChI is InChI=1S/C21H22FN5O2/c1-12(28)26-19(7-14-10-23-18-8-15(22)5-6-16(14)18)21(29)25-11-20-24-9-13-3-2-4-17(13)27-20/h5-6,8-10,19,23H,2-4,7,11H2,1H3,(H,25,29)(H,26,28). The van der Waals surface area contributed by atoms with Crippen molar-refractivity contribution in [1.82, 2.24) is 25.6 Å². The van der Waals surface area contributed by atoms with Gasteiger partial charge in [0.25, 0.3) is 0 Å². The molecule has 1 unspecified atom stereocenters. The molecule has 150 valence electrons. The third kappa shape index (κ3) is 4.26. The SMILES string of the molecule is CC(=O)NC(Cc1c[nH]c2cc(F)ccc12)C(=O)NCc1ncc2c(n1)CCC2. The van der Waals surface area contributed by atoms with Crippen molar-refractivity contribution in [2.75, 3.05) is 0 Å². The largest absolute Gasteiger partial charge is 0.361 e. The van der Waals surface area contributed by atoms with Crippen LogP contribution >= 0.6 is 0 Å². The Kier molecular flexibility index (Phi) is 5.24. The van der Waals surface area contributed by atoms with Crippen LogP contribution in [0.2, 0.25) is 0 Å². The summed E-state index contributed by atoms with van der Waals surface area (Å²) in [5.41, 5.74) is 3.69. The maximum atomic E-state index is 13.4. The van der Waals surface area contributed by atoms with Crippen LogP contribution in [0.1, 0.15) is 36.0 Å². The number of carbonyl (C=O) groups excluding carboxylic acids is 2. The smallest absolute Gasteiger partial charge is 0.243 e. The predicted octanol–water partition coefficient (Wildman–Crippen LogP) is 1.95. The van der Waals surface area contributed by atoms with Crippen LogP contribution in [0.25, 0.3) is 10.9 Å². The van der Waals surface area contributed by atoms with E-state index in [-0.39, 0.29) is 30.6 Å². The first-order valence-corrected chi connectivity index (χ1v) is 9.63. The lowest BCUT2D eigenvalue weighted by atomic mass is 10.0. The molecule has 0 bridgehead atoms. The monoisotopic (exact) mass is 395 g/mol. The Morgan fingerprint density at radius 3 is 3.00 bits per heavy atom. The summed E-state index contributed by atoms with van der Waals surface area (Å²) in [6, 6.07) is 3.68. The summed E-state index contributed by atoms with van der Waals surface area (Å²) in [5, 5.41) is 6.32. The summed E-state index contributed by atoms with van der Waals surface area (Å²) in [6.45, 7) is 1.57. The molecule has 3 N–H and O–H groups in total. The number of carbonyl (C=O) groups is 2. The molecule has 0 aliphatic heterocycles. The first-order chi connectivity index (χ1) is 14.0. The Morgan fingerprint density at radius 2 is 2.17 bits per heavy atom. The lowest BCUT2D eigenvalue weighted by Crippen LogP contribution is -2.47. The fourth-order valence-corrected chi connectivity index (χ4v) is 3.73. The van der Waals surface area contributed by atoms with E-state index >= 15 is 0 Å². The average Bonchev–Trinajstić information content (AvgIpc) is 3.31. The van der Waals surface area contributed by atoms with Gasteiger partial charge in [-0.1, -0.05) is 0 Å². The van der Waals surface area contributed by atoms with Crippen molar-refractivity contribution >= 4 is 22.7 Å². The van der Waals surface area contributed by atoms with Crippen molar-refractivity contribution in [2.45, 2.75) is 45.2 Å². The number of aryl methyl sites for hydroxylation is 2. The normalized spacial score (nSPS) is 13.9. The van der Waals surface area contributed by atoms with E-state index in [2.05, 4.69) is 25.6 Å². The van der Waals surface area contributed by atoms with Gasteiger partial charge in [-0.3, -0.25) is 9.59 Å². The molecule has 0 saturated heterocycles. The van der Waals surface area contributed by atoms with Crippen LogP contribution in [0.5, 0.6) is 0 Å². The number of nitrogens with one attached hydrogen (secondary N) is 3. The number of halogens is 1.